The third kappa shape index (κ3) is 5.55. The maximum atomic E-state index is 13.0. The molecule has 1 heterocycles. The summed E-state index contributed by atoms with van der Waals surface area (Å²) in [6, 6.07) is 12.1. The number of carbonyl (C=O) groups excluding carboxylic acids is 3. The summed E-state index contributed by atoms with van der Waals surface area (Å²) >= 11 is 12.0. The fraction of sp³-hybridized carbons (Fsp3) is 0.318. The summed E-state index contributed by atoms with van der Waals surface area (Å²) in [7, 11) is 1.52. The van der Waals surface area contributed by atoms with Gasteiger partial charge in [-0.2, -0.15) is 0 Å². The number of aryl methyl sites for hydroxylation is 1. The molecule has 9 heteroatoms. The summed E-state index contributed by atoms with van der Waals surface area (Å²) in [5.41, 5.74) is 2.08. The van der Waals surface area contributed by atoms with E-state index in [1.54, 1.807) is 11.0 Å². The first-order chi connectivity index (χ1) is 14.8. The molecule has 0 aliphatic carbocycles. The Balaban J connectivity index is 1.72. The Morgan fingerprint density at radius 1 is 1.13 bits per heavy atom. The predicted octanol–water partition coefficient (Wildman–Crippen LogP) is 3.22. The van der Waals surface area contributed by atoms with Gasteiger partial charge in [0.1, 0.15) is 19.8 Å². The summed E-state index contributed by atoms with van der Waals surface area (Å²) in [5, 5.41) is 0.592. The molecule has 0 spiro atoms. The molecule has 2 aromatic rings. The summed E-state index contributed by atoms with van der Waals surface area (Å²) < 4.78 is 5.08. The van der Waals surface area contributed by atoms with E-state index >= 15 is 0 Å². The van der Waals surface area contributed by atoms with Crippen molar-refractivity contribution in [2.75, 3.05) is 44.9 Å². The van der Waals surface area contributed by atoms with Crippen molar-refractivity contribution >= 4 is 46.6 Å². The van der Waals surface area contributed by atoms with Gasteiger partial charge in [-0.1, -0.05) is 35.3 Å². The lowest BCUT2D eigenvalue weighted by Crippen LogP contribution is -2.44. The molecule has 0 unspecified atom stereocenters. The molecule has 0 aromatic heterocycles. The number of ether oxygens (including phenoxy) is 1. The van der Waals surface area contributed by atoms with Gasteiger partial charge in [-0.05, 0) is 42.8 Å². The van der Waals surface area contributed by atoms with Gasteiger partial charge in [0.2, 0.25) is 11.8 Å². The van der Waals surface area contributed by atoms with Crippen LogP contribution in [0.4, 0.5) is 5.69 Å². The molecular weight excluding hydrogens is 441 g/mol. The number of benzene rings is 2. The highest BCUT2D eigenvalue weighted by Crippen LogP contribution is 2.24. The van der Waals surface area contributed by atoms with Crippen molar-refractivity contribution in [1.29, 1.82) is 0 Å². The number of carbonyl (C=O) groups is 3. The number of rotatable bonds is 7. The van der Waals surface area contributed by atoms with Gasteiger partial charge in [0, 0.05) is 24.9 Å². The Labute approximate surface area is 191 Å². The van der Waals surface area contributed by atoms with E-state index in [4.69, 9.17) is 27.9 Å². The SMILES string of the molecule is COCCN(CC(=O)N1CC(=O)N(c2cccc(C)c2)C1)C(=O)c1ccc(Cl)c(Cl)c1. The Morgan fingerprint density at radius 2 is 1.90 bits per heavy atom. The van der Waals surface area contributed by atoms with Gasteiger partial charge in [0.25, 0.3) is 5.91 Å². The number of hydrogen-bond donors (Lipinski definition) is 0. The van der Waals surface area contributed by atoms with Crippen LogP contribution in [0.3, 0.4) is 0 Å². The smallest absolute Gasteiger partial charge is 0.254 e. The van der Waals surface area contributed by atoms with Crippen LogP contribution in [0.15, 0.2) is 42.5 Å². The van der Waals surface area contributed by atoms with Gasteiger partial charge in [0.05, 0.1) is 16.7 Å². The van der Waals surface area contributed by atoms with E-state index < -0.39 is 0 Å². The highest BCUT2D eigenvalue weighted by molar-refractivity contribution is 6.42. The van der Waals surface area contributed by atoms with Crippen molar-refractivity contribution in [1.82, 2.24) is 9.80 Å². The van der Waals surface area contributed by atoms with Crippen LogP contribution in [0.25, 0.3) is 0 Å². The fourth-order valence-electron chi connectivity index (χ4n) is 3.27. The number of amides is 3. The Hall–Kier alpha value is -2.61. The van der Waals surface area contributed by atoms with E-state index in [1.165, 1.54) is 29.0 Å². The number of hydrogen-bond acceptors (Lipinski definition) is 4. The molecule has 0 radical (unpaired) electrons. The second-order valence-electron chi connectivity index (χ2n) is 7.24. The highest BCUT2D eigenvalue weighted by atomic mass is 35.5. The zero-order chi connectivity index (χ0) is 22.5. The Kier molecular flexibility index (Phi) is 7.54. The van der Waals surface area contributed by atoms with Gasteiger partial charge in [-0.3, -0.25) is 19.3 Å². The second kappa shape index (κ2) is 10.1. The zero-order valence-corrected chi connectivity index (χ0v) is 18.8. The molecule has 0 bridgehead atoms. The van der Waals surface area contributed by atoms with Crippen LogP contribution >= 0.6 is 23.2 Å². The van der Waals surface area contributed by atoms with Crippen LogP contribution in [0.1, 0.15) is 15.9 Å². The maximum absolute atomic E-state index is 13.0. The minimum Gasteiger partial charge on any atom is -0.383 e. The molecule has 1 fully saturated rings. The van der Waals surface area contributed by atoms with E-state index in [-0.39, 0.29) is 55.7 Å². The number of nitrogens with zero attached hydrogens (tertiary/aromatic N) is 3. The molecule has 0 saturated carbocycles. The first-order valence-corrected chi connectivity index (χ1v) is 10.4. The fourth-order valence-corrected chi connectivity index (χ4v) is 3.56. The van der Waals surface area contributed by atoms with Crippen LogP contribution < -0.4 is 4.90 Å². The van der Waals surface area contributed by atoms with Crippen LogP contribution in [-0.2, 0) is 14.3 Å². The van der Waals surface area contributed by atoms with Crippen molar-refractivity contribution in [3.8, 4) is 0 Å². The highest BCUT2D eigenvalue weighted by Gasteiger charge is 2.33. The molecule has 0 atom stereocenters. The summed E-state index contributed by atoms with van der Waals surface area (Å²) in [5.74, 6) is -0.865. The molecule has 7 nitrogen and oxygen atoms in total. The lowest BCUT2D eigenvalue weighted by Gasteiger charge is -2.25. The molecule has 0 N–H and O–H groups in total. The Bertz CT molecular complexity index is 998. The lowest BCUT2D eigenvalue weighted by molar-refractivity contribution is -0.132. The van der Waals surface area contributed by atoms with E-state index in [0.717, 1.165) is 11.3 Å². The van der Waals surface area contributed by atoms with Crippen LogP contribution in [-0.4, -0.2) is 67.5 Å². The average molecular weight is 464 g/mol. The molecule has 1 saturated heterocycles. The van der Waals surface area contributed by atoms with Gasteiger partial charge in [0.15, 0.2) is 0 Å². The van der Waals surface area contributed by atoms with E-state index in [1.807, 2.05) is 31.2 Å². The molecule has 3 rings (SSSR count). The van der Waals surface area contributed by atoms with Crippen LogP contribution in [0.5, 0.6) is 0 Å². The van der Waals surface area contributed by atoms with Crippen molar-refractivity contribution in [3.63, 3.8) is 0 Å². The topological polar surface area (TPSA) is 70.2 Å². The van der Waals surface area contributed by atoms with E-state index in [9.17, 15) is 14.4 Å². The first kappa shape index (κ1) is 23.1. The van der Waals surface area contributed by atoms with Gasteiger partial charge >= 0.3 is 0 Å². The van der Waals surface area contributed by atoms with Crippen molar-refractivity contribution in [2.24, 2.45) is 0 Å². The average Bonchev–Trinajstić information content (AvgIpc) is 3.14. The van der Waals surface area contributed by atoms with Crippen LogP contribution in [0, 0.1) is 6.92 Å². The minimum absolute atomic E-state index is 0.0359. The molecular formula is C22H23Cl2N3O4. The molecule has 1 aliphatic rings. The largest absolute Gasteiger partial charge is 0.383 e. The van der Waals surface area contributed by atoms with E-state index in [0.29, 0.717) is 10.6 Å². The van der Waals surface area contributed by atoms with Crippen molar-refractivity contribution < 1.29 is 19.1 Å². The molecule has 3 amide bonds. The predicted molar refractivity (Wildman–Crippen MR) is 119 cm³/mol. The third-order valence-electron chi connectivity index (χ3n) is 4.95. The van der Waals surface area contributed by atoms with Crippen LogP contribution in [0.2, 0.25) is 10.0 Å². The van der Waals surface area contributed by atoms with Gasteiger partial charge < -0.3 is 14.5 Å². The lowest BCUT2D eigenvalue weighted by atomic mass is 10.2. The maximum Gasteiger partial charge on any atom is 0.254 e. The summed E-state index contributed by atoms with van der Waals surface area (Å²) in [4.78, 5) is 42.8. The molecule has 31 heavy (non-hydrogen) atoms. The van der Waals surface area contributed by atoms with Crippen molar-refractivity contribution in [2.45, 2.75) is 6.92 Å². The second-order valence-corrected chi connectivity index (χ2v) is 8.06. The number of anilines is 1. The molecule has 1 aliphatic heterocycles. The molecule has 164 valence electrons. The number of methoxy groups -OCH3 is 1. The van der Waals surface area contributed by atoms with Crippen molar-refractivity contribution in [3.05, 3.63) is 63.6 Å². The quantitative estimate of drug-likeness (QED) is 0.631. The zero-order valence-electron chi connectivity index (χ0n) is 17.3. The van der Waals surface area contributed by atoms with E-state index in [2.05, 4.69) is 0 Å². The minimum atomic E-state index is -0.370. The Morgan fingerprint density at radius 3 is 2.58 bits per heavy atom. The van der Waals surface area contributed by atoms with Gasteiger partial charge in [-0.15, -0.1) is 0 Å². The van der Waals surface area contributed by atoms with Gasteiger partial charge in [-0.25, -0.2) is 0 Å². The summed E-state index contributed by atoms with van der Waals surface area (Å²) in [6.45, 7) is 2.33. The third-order valence-corrected chi connectivity index (χ3v) is 5.69. The normalized spacial score (nSPS) is 13.6. The molecule has 2 aromatic carbocycles. The standard InChI is InChI=1S/C22H23Cl2N3O4/c1-15-4-3-5-17(10-15)27-14-26(13-21(27)29)20(28)12-25(8-9-31-2)22(30)16-6-7-18(23)19(24)11-16/h3-7,10-11H,8-9,12-14H2,1-2H3. The first-order valence-electron chi connectivity index (χ1n) is 9.68. The number of halogens is 2. The monoisotopic (exact) mass is 463 g/mol. The summed E-state index contributed by atoms with van der Waals surface area (Å²) in [6.07, 6.45) is 0.